The molecule has 0 spiro atoms. The third-order valence-corrected chi connectivity index (χ3v) is 6.36. The van der Waals surface area contributed by atoms with Crippen LogP contribution < -0.4 is 15.4 Å². The number of benzene rings is 2. The van der Waals surface area contributed by atoms with Gasteiger partial charge in [-0.05, 0) is 48.4 Å². The van der Waals surface area contributed by atoms with Crippen LogP contribution in [0.3, 0.4) is 0 Å². The number of carbonyl (C=O) groups excluding carboxylic acids is 1. The van der Waals surface area contributed by atoms with Crippen LogP contribution in [0.1, 0.15) is 12.0 Å². The summed E-state index contributed by atoms with van der Waals surface area (Å²) >= 11 is 6.35. The van der Waals surface area contributed by atoms with E-state index in [2.05, 4.69) is 32.2 Å². The average molecular weight is 537 g/mol. The van der Waals surface area contributed by atoms with Gasteiger partial charge >= 0.3 is 0 Å². The number of carbonyl (C=O) groups is 1. The maximum atomic E-state index is 15.0. The third-order valence-electron chi connectivity index (χ3n) is 6.07. The molecule has 1 fully saturated rings. The molecule has 8 nitrogen and oxygen atoms in total. The van der Waals surface area contributed by atoms with Crippen molar-refractivity contribution >= 4 is 45.9 Å². The van der Waals surface area contributed by atoms with Gasteiger partial charge in [0.05, 0.1) is 16.2 Å². The maximum absolute atomic E-state index is 15.0. The first kappa shape index (κ1) is 25.3. The molecule has 0 bridgehead atoms. The quantitative estimate of drug-likeness (QED) is 0.288. The largest absolute Gasteiger partial charge is 0.487 e. The van der Waals surface area contributed by atoms with Gasteiger partial charge in [-0.25, -0.2) is 23.7 Å². The lowest BCUT2D eigenvalue weighted by Gasteiger charge is -2.16. The molecule has 2 aromatic carbocycles. The Balaban J connectivity index is 1.33. The second-order valence-corrected chi connectivity index (χ2v) is 9.12. The summed E-state index contributed by atoms with van der Waals surface area (Å²) in [6, 6.07) is 12.1. The molecular weight excluding hydrogens is 514 g/mol. The Labute approximate surface area is 222 Å². The number of hydrogen-bond acceptors (Lipinski definition) is 7. The van der Waals surface area contributed by atoms with Crippen LogP contribution in [-0.4, -0.2) is 44.9 Å². The Morgan fingerprint density at radius 3 is 2.89 bits per heavy atom. The van der Waals surface area contributed by atoms with Crippen LogP contribution in [0.2, 0.25) is 5.02 Å². The number of nitrogens with one attached hydrogen (secondary N) is 2. The van der Waals surface area contributed by atoms with Gasteiger partial charge in [0.15, 0.2) is 5.82 Å². The van der Waals surface area contributed by atoms with Gasteiger partial charge in [0, 0.05) is 25.2 Å². The molecule has 11 heteroatoms. The van der Waals surface area contributed by atoms with Gasteiger partial charge in [-0.1, -0.05) is 30.3 Å². The molecule has 2 aromatic heterocycles. The molecule has 4 aromatic rings. The second kappa shape index (κ2) is 11.0. The average Bonchev–Trinajstić information content (AvgIpc) is 3.38. The molecule has 5 rings (SSSR count). The number of hydrogen-bond donors (Lipinski definition) is 2. The minimum Gasteiger partial charge on any atom is -0.487 e. The predicted molar refractivity (Wildman–Crippen MR) is 142 cm³/mol. The minimum atomic E-state index is -0.623. The van der Waals surface area contributed by atoms with Crippen molar-refractivity contribution in [1.29, 1.82) is 0 Å². The van der Waals surface area contributed by atoms with Crippen LogP contribution in [-0.2, 0) is 11.4 Å². The molecule has 1 unspecified atom stereocenters. The van der Waals surface area contributed by atoms with Crippen LogP contribution >= 0.6 is 11.6 Å². The van der Waals surface area contributed by atoms with Gasteiger partial charge in [0.1, 0.15) is 41.7 Å². The Bertz CT molecular complexity index is 1520. The number of nitrogens with zero attached hydrogens (tertiary/aromatic N) is 4. The molecule has 2 N–H and O–H groups in total. The van der Waals surface area contributed by atoms with E-state index >= 15 is 4.39 Å². The summed E-state index contributed by atoms with van der Waals surface area (Å²) in [4.78, 5) is 26.7. The number of pyridine rings is 1. The van der Waals surface area contributed by atoms with Gasteiger partial charge in [0.2, 0.25) is 5.91 Å². The van der Waals surface area contributed by atoms with Crippen molar-refractivity contribution in [3.05, 3.63) is 89.7 Å². The smallest absolute Gasteiger partial charge is 0.246 e. The van der Waals surface area contributed by atoms with Crippen molar-refractivity contribution in [2.24, 2.45) is 0 Å². The van der Waals surface area contributed by atoms with Crippen LogP contribution in [0.5, 0.6) is 5.75 Å². The Kier molecular flexibility index (Phi) is 7.32. The number of ether oxygens (including phenoxy) is 1. The number of rotatable bonds is 8. The molecule has 1 aliphatic heterocycles. The predicted octanol–water partition coefficient (Wildman–Crippen LogP) is 5.48. The zero-order valence-electron chi connectivity index (χ0n) is 20.1. The first-order valence-corrected chi connectivity index (χ1v) is 12.2. The topological polar surface area (TPSA) is 92.3 Å². The van der Waals surface area contributed by atoms with Crippen molar-refractivity contribution in [3.8, 4) is 5.75 Å². The van der Waals surface area contributed by atoms with Gasteiger partial charge in [0.25, 0.3) is 0 Å². The molecule has 38 heavy (non-hydrogen) atoms. The van der Waals surface area contributed by atoms with Gasteiger partial charge in [-0.2, -0.15) is 0 Å². The highest BCUT2D eigenvalue weighted by Gasteiger charge is 2.25. The standard InChI is InChI=1S/C27H23ClF2N6O2/c1-2-25(37)36-9-8-18(13-36)33-24-7-6-21-26(35-24)27(32-15-31-21)34-22-11-19(28)23(12-20(22)30)38-14-16-4-3-5-17(29)10-16/h2-7,10-12,15,18H,1,8-9,13-14H2,(H,33,35)(H,31,32,34). The lowest BCUT2D eigenvalue weighted by atomic mass is 10.2. The SMILES string of the molecule is C=CC(=O)N1CCC(Nc2ccc3ncnc(Nc4cc(Cl)c(OCc5cccc(F)c5)cc4F)c3n2)C1. The lowest BCUT2D eigenvalue weighted by Crippen LogP contribution is -2.30. The van der Waals surface area contributed by atoms with Crippen LogP contribution in [0.15, 0.2) is 67.5 Å². The number of likely N-dealkylation sites (tertiary alicyclic amines) is 1. The molecule has 0 aliphatic carbocycles. The van der Waals surface area contributed by atoms with Gasteiger partial charge < -0.3 is 20.3 Å². The third kappa shape index (κ3) is 5.65. The number of halogens is 3. The van der Waals surface area contributed by atoms with Crippen molar-refractivity contribution in [2.45, 2.75) is 19.1 Å². The van der Waals surface area contributed by atoms with E-state index in [-0.39, 0.29) is 46.7 Å². The molecule has 0 saturated carbocycles. The summed E-state index contributed by atoms with van der Waals surface area (Å²) < 4.78 is 34.0. The Hall–Kier alpha value is -4.31. The monoisotopic (exact) mass is 536 g/mol. The summed E-state index contributed by atoms with van der Waals surface area (Å²) in [5.74, 6) is -0.129. The van der Waals surface area contributed by atoms with Crippen LogP contribution in [0.25, 0.3) is 11.0 Å². The summed E-state index contributed by atoms with van der Waals surface area (Å²) in [6.07, 6.45) is 3.43. The molecule has 1 saturated heterocycles. The highest BCUT2D eigenvalue weighted by Crippen LogP contribution is 2.33. The maximum Gasteiger partial charge on any atom is 0.246 e. The van der Waals surface area contributed by atoms with E-state index in [0.717, 1.165) is 12.5 Å². The van der Waals surface area contributed by atoms with Gasteiger partial charge in [-0.3, -0.25) is 4.79 Å². The Morgan fingerprint density at radius 2 is 2.08 bits per heavy atom. The minimum absolute atomic E-state index is 0.0282. The van der Waals surface area contributed by atoms with E-state index in [1.165, 1.54) is 30.6 Å². The number of anilines is 3. The number of amides is 1. The lowest BCUT2D eigenvalue weighted by molar-refractivity contribution is -0.125. The molecule has 1 atom stereocenters. The molecule has 194 valence electrons. The van der Waals surface area contributed by atoms with Crippen LogP contribution in [0, 0.1) is 11.6 Å². The zero-order chi connectivity index (χ0) is 26.6. The van der Waals surface area contributed by atoms with E-state index < -0.39 is 5.82 Å². The second-order valence-electron chi connectivity index (χ2n) is 8.71. The summed E-state index contributed by atoms with van der Waals surface area (Å²) in [5.41, 5.74) is 1.65. The van der Waals surface area contributed by atoms with Crippen LogP contribution in [0.4, 0.5) is 26.1 Å². The van der Waals surface area contributed by atoms with E-state index in [1.807, 2.05) is 0 Å². The fourth-order valence-corrected chi connectivity index (χ4v) is 4.40. The fourth-order valence-electron chi connectivity index (χ4n) is 4.18. The van der Waals surface area contributed by atoms with E-state index in [0.29, 0.717) is 35.5 Å². The van der Waals surface area contributed by atoms with Gasteiger partial charge in [-0.15, -0.1) is 0 Å². The van der Waals surface area contributed by atoms with Crippen molar-refractivity contribution in [3.63, 3.8) is 0 Å². The summed E-state index contributed by atoms with van der Waals surface area (Å²) in [5, 5.41) is 6.44. The molecule has 1 amide bonds. The highest BCUT2D eigenvalue weighted by atomic mass is 35.5. The Morgan fingerprint density at radius 1 is 1.21 bits per heavy atom. The normalized spacial score (nSPS) is 14.9. The fraction of sp³-hybridized carbons (Fsp3) is 0.185. The van der Waals surface area contributed by atoms with E-state index in [4.69, 9.17) is 16.3 Å². The summed E-state index contributed by atoms with van der Waals surface area (Å²) in [7, 11) is 0. The molecule has 3 heterocycles. The molecule has 0 radical (unpaired) electrons. The number of fused-ring (bicyclic) bond motifs is 1. The highest BCUT2D eigenvalue weighted by molar-refractivity contribution is 6.32. The van der Waals surface area contributed by atoms with E-state index in [1.54, 1.807) is 29.2 Å². The molecular formula is C27H23ClF2N6O2. The van der Waals surface area contributed by atoms with E-state index in [9.17, 15) is 9.18 Å². The number of aromatic nitrogens is 3. The van der Waals surface area contributed by atoms with Crippen molar-refractivity contribution < 1.29 is 18.3 Å². The first-order valence-electron chi connectivity index (χ1n) is 11.8. The molecule has 1 aliphatic rings. The van der Waals surface area contributed by atoms with Crippen molar-refractivity contribution in [1.82, 2.24) is 19.9 Å². The van der Waals surface area contributed by atoms with Crippen molar-refractivity contribution in [2.75, 3.05) is 23.7 Å². The summed E-state index contributed by atoms with van der Waals surface area (Å²) in [6.45, 7) is 4.74. The first-order chi connectivity index (χ1) is 18.4. The zero-order valence-corrected chi connectivity index (χ0v) is 20.9.